The van der Waals surface area contributed by atoms with Crippen molar-refractivity contribution in [2.75, 3.05) is 5.32 Å². The molecule has 0 spiro atoms. The molecule has 0 saturated heterocycles. The molecule has 1 aliphatic rings. The lowest BCUT2D eigenvalue weighted by atomic mass is 10.00. The van der Waals surface area contributed by atoms with E-state index in [0.29, 0.717) is 5.56 Å². The predicted molar refractivity (Wildman–Crippen MR) is 74.6 cm³/mol. The number of anilines is 1. The van der Waals surface area contributed by atoms with Crippen LogP contribution in [0.3, 0.4) is 0 Å². The van der Waals surface area contributed by atoms with Gasteiger partial charge in [0.1, 0.15) is 0 Å². The number of alkyl halides is 3. The molecule has 1 aromatic carbocycles. The Balaban J connectivity index is 2.19. The number of amides is 1. The normalized spacial score (nSPS) is 14.7. The molecule has 0 aromatic heterocycles. The van der Waals surface area contributed by atoms with E-state index in [1.165, 1.54) is 6.07 Å². The highest BCUT2D eigenvalue weighted by Crippen LogP contribution is 2.21. The first kappa shape index (κ1) is 15.2. The molecule has 0 unspecified atom stereocenters. The molecule has 21 heavy (non-hydrogen) atoms. The van der Waals surface area contributed by atoms with E-state index in [2.05, 4.69) is 11.8 Å². The lowest BCUT2D eigenvalue weighted by Gasteiger charge is -2.09. The van der Waals surface area contributed by atoms with Crippen LogP contribution >= 0.6 is 0 Å². The van der Waals surface area contributed by atoms with Gasteiger partial charge in [0.25, 0.3) is 0 Å². The molecule has 0 aliphatic heterocycles. The van der Waals surface area contributed by atoms with Crippen LogP contribution in [0.1, 0.15) is 31.2 Å². The van der Waals surface area contributed by atoms with E-state index < -0.39 is 12.1 Å². The van der Waals surface area contributed by atoms with Crippen LogP contribution in [-0.4, -0.2) is 12.1 Å². The standard InChI is InChI=1S/C16H14F3NO/c17-16(18,19)15(21)20-14-9-5-4-8-13(14)11-10-12-6-2-1-3-7-12/h4-6,8-9H,1-3,7H2,(H,20,21). The Kier molecular flexibility index (Phi) is 4.69. The number of carbonyl (C=O) groups excluding carboxylic acids is 1. The van der Waals surface area contributed by atoms with Gasteiger partial charge in [-0.2, -0.15) is 13.2 Å². The molecule has 0 atom stereocenters. The zero-order chi connectivity index (χ0) is 15.3. The minimum absolute atomic E-state index is 0.0729. The van der Waals surface area contributed by atoms with Crippen LogP contribution in [0.4, 0.5) is 18.9 Å². The van der Waals surface area contributed by atoms with E-state index in [4.69, 9.17) is 0 Å². The number of allylic oxidation sites excluding steroid dienone is 2. The van der Waals surface area contributed by atoms with Crippen molar-refractivity contribution in [3.8, 4) is 11.8 Å². The van der Waals surface area contributed by atoms with E-state index in [9.17, 15) is 18.0 Å². The summed E-state index contributed by atoms with van der Waals surface area (Å²) in [7, 11) is 0. The van der Waals surface area contributed by atoms with Gasteiger partial charge >= 0.3 is 12.1 Å². The second-order valence-electron chi connectivity index (χ2n) is 4.72. The van der Waals surface area contributed by atoms with Gasteiger partial charge in [-0.05, 0) is 43.4 Å². The van der Waals surface area contributed by atoms with Crippen LogP contribution in [0.5, 0.6) is 0 Å². The average Bonchev–Trinajstić information content (AvgIpc) is 2.46. The lowest BCUT2D eigenvalue weighted by Crippen LogP contribution is -2.30. The SMILES string of the molecule is O=C(Nc1ccccc1C#CC1=CCCCC1)C(F)(F)F. The summed E-state index contributed by atoms with van der Waals surface area (Å²) in [5.41, 5.74) is 1.45. The number of para-hydroxylation sites is 1. The van der Waals surface area contributed by atoms with Gasteiger partial charge < -0.3 is 5.32 Å². The molecule has 0 radical (unpaired) electrons. The maximum absolute atomic E-state index is 12.3. The molecule has 0 bridgehead atoms. The molecule has 2 nitrogen and oxygen atoms in total. The Labute approximate surface area is 121 Å². The molecular formula is C16H14F3NO. The summed E-state index contributed by atoms with van der Waals surface area (Å²) in [5, 5.41) is 1.85. The highest BCUT2D eigenvalue weighted by molar-refractivity contribution is 5.96. The van der Waals surface area contributed by atoms with Gasteiger partial charge in [-0.1, -0.05) is 30.0 Å². The predicted octanol–water partition coefficient (Wildman–Crippen LogP) is 4.04. The Morgan fingerprint density at radius 1 is 1.14 bits per heavy atom. The van der Waals surface area contributed by atoms with E-state index in [-0.39, 0.29) is 5.69 Å². The van der Waals surface area contributed by atoms with Crippen LogP contribution < -0.4 is 5.32 Å². The van der Waals surface area contributed by atoms with Crippen molar-refractivity contribution < 1.29 is 18.0 Å². The fourth-order valence-electron chi connectivity index (χ4n) is 1.99. The quantitative estimate of drug-likeness (QED) is 0.778. The molecule has 1 aromatic rings. The third kappa shape index (κ3) is 4.38. The molecule has 1 N–H and O–H groups in total. The fraction of sp³-hybridized carbons (Fsp3) is 0.312. The molecule has 1 aliphatic carbocycles. The fourth-order valence-corrected chi connectivity index (χ4v) is 1.99. The minimum atomic E-state index is -4.91. The zero-order valence-corrected chi connectivity index (χ0v) is 11.3. The third-order valence-electron chi connectivity index (χ3n) is 3.08. The molecule has 0 saturated carbocycles. The summed E-state index contributed by atoms with van der Waals surface area (Å²) in [4.78, 5) is 11.0. The van der Waals surface area contributed by atoms with Crippen LogP contribution in [0.15, 0.2) is 35.9 Å². The first-order valence-corrected chi connectivity index (χ1v) is 6.65. The molecule has 110 valence electrons. The molecule has 5 heteroatoms. The second kappa shape index (κ2) is 6.49. The van der Waals surface area contributed by atoms with Crippen molar-refractivity contribution in [1.82, 2.24) is 0 Å². The average molecular weight is 293 g/mol. The molecule has 2 rings (SSSR count). The maximum atomic E-state index is 12.3. The van der Waals surface area contributed by atoms with Gasteiger partial charge in [-0.15, -0.1) is 0 Å². The Hall–Kier alpha value is -2.22. The number of hydrogen-bond donors (Lipinski definition) is 1. The van der Waals surface area contributed by atoms with Crippen molar-refractivity contribution in [2.45, 2.75) is 31.9 Å². The van der Waals surface area contributed by atoms with Gasteiger partial charge in [0.15, 0.2) is 0 Å². The summed E-state index contributed by atoms with van der Waals surface area (Å²) in [6.45, 7) is 0. The van der Waals surface area contributed by atoms with Crippen molar-refractivity contribution in [3.05, 3.63) is 41.5 Å². The monoisotopic (exact) mass is 293 g/mol. The number of hydrogen-bond acceptors (Lipinski definition) is 1. The van der Waals surface area contributed by atoms with Crippen molar-refractivity contribution in [2.24, 2.45) is 0 Å². The summed E-state index contributed by atoms with van der Waals surface area (Å²) < 4.78 is 36.9. The van der Waals surface area contributed by atoms with E-state index in [1.54, 1.807) is 18.2 Å². The molecule has 0 fully saturated rings. The second-order valence-corrected chi connectivity index (χ2v) is 4.72. The first-order valence-electron chi connectivity index (χ1n) is 6.65. The van der Waals surface area contributed by atoms with Crippen molar-refractivity contribution >= 4 is 11.6 Å². The van der Waals surface area contributed by atoms with Gasteiger partial charge in [0.2, 0.25) is 0 Å². The maximum Gasteiger partial charge on any atom is 0.471 e. The summed E-state index contributed by atoms with van der Waals surface area (Å²) in [5.74, 6) is 3.82. The molecule has 1 amide bonds. The smallest absolute Gasteiger partial charge is 0.317 e. The number of nitrogens with one attached hydrogen (secondary N) is 1. The van der Waals surface area contributed by atoms with Crippen LogP contribution in [0.2, 0.25) is 0 Å². The van der Waals surface area contributed by atoms with E-state index in [1.807, 2.05) is 11.4 Å². The topological polar surface area (TPSA) is 29.1 Å². The minimum Gasteiger partial charge on any atom is -0.317 e. The van der Waals surface area contributed by atoms with Crippen LogP contribution in [0, 0.1) is 11.8 Å². The zero-order valence-electron chi connectivity index (χ0n) is 11.3. The van der Waals surface area contributed by atoms with Gasteiger partial charge in [0.05, 0.1) is 5.69 Å². The Morgan fingerprint density at radius 3 is 2.57 bits per heavy atom. The molecule has 0 heterocycles. The summed E-state index contributed by atoms with van der Waals surface area (Å²) in [6, 6.07) is 6.21. The largest absolute Gasteiger partial charge is 0.471 e. The number of rotatable bonds is 1. The van der Waals surface area contributed by atoms with Gasteiger partial charge in [-0.25, -0.2) is 0 Å². The van der Waals surface area contributed by atoms with Crippen molar-refractivity contribution in [1.29, 1.82) is 0 Å². The first-order chi connectivity index (χ1) is 9.97. The summed E-state index contributed by atoms with van der Waals surface area (Å²) >= 11 is 0. The third-order valence-corrected chi connectivity index (χ3v) is 3.08. The van der Waals surface area contributed by atoms with Gasteiger partial charge in [0, 0.05) is 5.56 Å². The van der Waals surface area contributed by atoms with Crippen LogP contribution in [0.25, 0.3) is 0 Å². The highest BCUT2D eigenvalue weighted by Gasteiger charge is 2.38. The van der Waals surface area contributed by atoms with E-state index in [0.717, 1.165) is 31.3 Å². The number of halogens is 3. The molecular weight excluding hydrogens is 279 g/mol. The number of carbonyl (C=O) groups is 1. The van der Waals surface area contributed by atoms with Crippen LogP contribution in [-0.2, 0) is 4.79 Å². The highest BCUT2D eigenvalue weighted by atomic mass is 19.4. The van der Waals surface area contributed by atoms with Crippen molar-refractivity contribution in [3.63, 3.8) is 0 Å². The Morgan fingerprint density at radius 2 is 1.90 bits per heavy atom. The summed E-state index contributed by atoms with van der Waals surface area (Å²) in [6.07, 6.45) is 1.23. The Bertz CT molecular complexity index is 620. The number of benzene rings is 1. The van der Waals surface area contributed by atoms with E-state index >= 15 is 0 Å². The van der Waals surface area contributed by atoms with Gasteiger partial charge in [-0.3, -0.25) is 4.79 Å². The lowest BCUT2D eigenvalue weighted by molar-refractivity contribution is -0.167.